The molecule has 1 fully saturated rings. The standard InChI is InChI=1S/C12H13Cl2N3S2/c1-6-9(3-2-4-18-6)15-10-7(13)5-8(14)11-12(10)17-19-16-11/h5-6,9,15H,2-4H2,1H3. The highest BCUT2D eigenvalue weighted by molar-refractivity contribution is 8.00. The second-order valence-electron chi connectivity index (χ2n) is 4.65. The smallest absolute Gasteiger partial charge is 0.130 e. The van der Waals surface area contributed by atoms with E-state index in [4.69, 9.17) is 23.2 Å². The van der Waals surface area contributed by atoms with E-state index in [2.05, 4.69) is 21.0 Å². The summed E-state index contributed by atoms with van der Waals surface area (Å²) in [6.45, 7) is 2.25. The fraction of sp³-hybridized carbons (Fsp3) is 0.500. The van der Waals surface area contributed by atoms with Gasteiger partial charge in [0.05, 0.1) is 27.1 Å². The molecule has 2 atom stereocenters. The summed E-state index contributed by atoms with van der Waals surface area (Å²) in [5.74, 6) is 1.24. The molecule has 1 aromatic carbocycles. The monoisotopic (exact) mass is 333 g/mol. The lowest BCUT2D eigenvalue weighted by Gasteiger charge is -2.30. The van der Waals surface area contributed by atoms with Crippen molar-refractivity contribution in [3.05, 3.63) is 16.1 Å². The Hall–Kier alpha value is -0.230. The third-order valence-corrected chi connectivity index (χ3v) is 5.87. The first-order valence-electron chi connectivity index (χ1n) is 6.15. The van der Waals surface area contributed by atoms with Gasteiger partial charge in [0.25, 0.3) is 0 Å². The number of anilines is 1. The van der Waals surface area contributed by atoms with Crippen molar-refractivity contribution >= 4 is 63.4 Å². The molecule has 0 aliphatic carbocycles. The zero-order valence-corrected chi connectivity index (χ0v) is 13.5. The van der Waals surface area contributed by atoms with E-state index in [-0.39, 0.29) is 0 Å². The van der Waals surface area contributed by atoms with Gasteiger partial charge in [-0.15, -0.1) is 0 Å². The van der Waals surface area contributed by atoms with Crippen LogP contribution in [0, 0.1) is 0 Å². The number of hydrogen-bond acceptors (Lipinski definition) is 4. The first-order chi connectivity index (χ1) is 9.16. The van der Waals surface area contributed by atoms with E-state index in [1.54, 1.807) is 6.07 Å². The summed E-state index contributed by atoms with van der Waals surface area (Å²) >= 11 is 15.6. The zero-order valence-electron chi connectivity index (χ0n) is 10.3. The molecule has 1 N–H and O–H groups in total. The van der Waals surface area contributed by atoms with Gasteiger partial charge in [-0.3, -0.25) is 0 Å². The van der Waals surface area contributed by atoms with Gasteiger partial charge in [0.1, 0.15) is 11.4 Å². The number of benzene rings is 1. The van der Waals surface area contributed by atoms with Gasteiger partial charge in [0.2, 0.25) is 0 Å². The van der Waals surface area contributed by atoms with Crippen molar-refractivity contribution in [2.45, 2.75) is 31.1 Å². The van der Waals surface area contributed by atoms with Gasteiger partial charge in [-0.2, -0.15) is 20.5 Å². The Labute approximate surface area is 130 Å². The molecule has 2 heterocycles. The number of halogens is 2. The van der Waals surface area contributed by atoms with Crippen LogP contribution in [0.25, 0.3) is 0 Å². The van der Waals surface area contributed by atoms with Gasteiger partial charge in [-0.25, -0.2) is 0 Å². The summed E-state index contributed by atoms with van der Waals surface area (Å²) in [6, 6.07) is 2.16. The molecule has 0 saturated carbocycles. The van der Waals surface area contributed by atoms with Crippen LogP contribution in [0.5, 0.6) is 0 Å². The number of rotatable bonds is 2. The molecular formula is C12H13Cl2N3S2. The van der Waals surface area contributed by atoms with Gasteiger partial charge in [-0.05, 0) is 24.7 Å². The van der Waals surface area contributed by atoms with Crippen molar-refractivity contribution in [2.24, 2.45) is 8.73 Å². The SMILES string of the molecule is CC1SCCCC1Nc1c(Cl)cc(Cl)c2c1N=S=N2. The maximum Gasteiger partial charge on any atom is 0.130 e. The Bertz CT molecular complexity index is 585. The minimum absolute atomic E-state index is 0.419. The van der Waals surface area contributed by atoms with Crippen LogP contribution in [0.1, 0.15) is 19.8 Å². The number of hydrogen-bond donors (Lipinski definition) is 1. The molecule has 0 bridgehead atoms. The van der Waals surface area contributed by atoms with Crippen LogP contribution in [-0.2, 0) is 11.4 Å². The van der Waals surface area contributed by atoms with Gasteiger partial charge in [0, 0.05) is 11.3 Å². The summed E-state index contributed by atoms with van der Waals surface area (Å²) in [5, 5.41) is 5.30. The number of nitrogens with one attached hydrogen (secondary N) is 1. The Morgan fingerprint density at radius 2 is 2.05 bits per heavy atom. The Kier molecular flexibility index (Phi) is 4.08. The van der Waals surface area contributed by atoms with Crippen molar-refractivity contribution in [1.82, 2.24) is 0 Å². The average molecular weight is 334 g/mol. The minimum atomic E-state index is 0.419. The van der Waals surface area contributed by atoms with Crippen molar-refractivity contribution in [2.75, 3.05) is 11.1 Å². The van der Waals surface area contributed by atoms with Crippen molar-refractivity contribution in [1.29, 1.82) is 0 Å². The van der Waals surface area contributed by atoms with Crippen LogP contribution >= 0.6 is 35.0 Å². The van der Waals surface area contributed by atoms with Crippen LogP contribution in [0.2, 0.25) is 10.0 Å². The van der Waals surface area contributed by atoms with E-state index in [1.165, 1.54) is 12.2 Å². The van der Waals surface area contributed by atoms with Gasteiger partial charge < -0.3 is 5.32 Å². The molecule has 3 rings (SSSR count). The predicted molar refractivity (Wildman–Crippen MR) is 86.6 cm³/mol. The Morgan fingerprint density at radius 1 is 1.26 bits per heavy atom. The molecule has 0 amide bonds. The van der Waals surface area contributed by atoms with E-state index in [0.29, 0.717) is 21.3 Å². The zero-order chi connectivity index (χ0) is 13.4. The third-order valence-electron chi connectivity index (χ3n) is 3.38. The highest BCUT2D eigenvalue weighted by Gasteiger charge is 2.25. The molecule has 0 aromatic heterocycles. The molecule has 102 valence electrons. The molecule has 1 saturated heterocycles. The van der Waals surface area contributed by atoms with Crippen LogP contribution < -0.4 is 5.32 Å². The van der Waals surface area contributed by atoms with E-state index in [1.807, 2.05) is 11.8 Å². The maximum absolute atomic E-state index is 6.32. The first kappa shape index (κ1) is 13.7. The van der Waals surface area contributed by atoms with Crippen LogP contribution in [-0.4, -0.2) is 17.0 Å². The molecule has 2 aliphatic heterocycles. The first-order valence-corrected chi connectivity index (χ1v) is 8.68. The van der Waals surface area contributed by atoms with Crippen LogP contribution in [0.15, 0.2) is 14.8 Å². The highest BCUT2D eigenvalue weighted by atomic mass is 35.5. The van der Waals surface area contributed by atoms with Crippen molar-refractivity contribution in [3.8, 4) is 0 Å². The molecule has 19 heavy (non-hydrogen) atoms. The maximum atomic E-state index is 6.32. The lowest BCUT2D eigenvalue weighted by atomic mass is 10.1. The van der Waals surface area contributed by atoms with E-state index < -0.39 is 0 Å². The highest BCUT2D eigenvalue weighted by Crippen LogP contribution is 2.48. The number of nitrogens with zero attached hydrogens (tertiary/aromatic N) is 2. The fourth-order valence-electron chi connectivity index (χ4n) is 2.31. The average Bonchev–Trinajstić information content (AvgIpc) is 2.86. The van der Waals surface area contributed by atoms with Crippen LogP contribution in [0.4, 0.5) is 17.1 Å². The third kappa shape index (κ3) is 2.66. The van der Waals surface area contributed by atoms with Gasteiger partial charge >= 0.3 is 0 Å². The Balaban J connectivity index is 1.93. The summed E-state index contributed by atoms with van der Waals surface area (Å²) in [6.07, 6.45) is 2.39. The lowest BCUT2D eigenvalue weighted by molar-refractivity contribution is 0.618. The molecule has 2 unspecified atom stereocenters. The molecule has 1 aromatic rings. The second-order valence-corrected chi connectivity index (χ2v) is 7.47. The summed E-state index contributed by atoms with van der Waals surface area (Å²) in [5.41, 5.74) is 2.38. The minimum Gasteiger partial charge on any atom is -0.378 e. The molecule has 0 radical (unpaired) electrons. The Morgan fingerprint density at radius 3 is 2.84 bits per heavy atom. The molecule has 2 aliphatic rings. The summed E-state index contributed by atoms with van der Waals surface area (Å²) in [4.78, 5) is 0. The molecule has 0 spiro atoms. The largest absolute Gasteiger partial charge is 0.378 e. The number of fused-ring (bicyclic) bond motifs is 1. The molecule has 7 heteroatoms. The van der Waals surface area contributed by atoms with Crippen molar-refractivity contribution < 1.29 is 0 Å². The van der Waals surface area contributed by atoms with E-state index in [9.17, 15) is 0 Å². The van der Waals surface area contributed by atoms with Gasteiger partial charge in [-0.1, -0.05) is 30.1 Å². The lowest BCUT2D eigenvalue weighted by Crippen LogP contribution is -2.32. The molecule has 3 nitrogen and oxygen atoms in total. The van der Waals surface area contributed by atoms with Gasteiger partial charge in [0.15, 0.2) is 0 Å². The normalized spacial score (nSPS) is 25.0. The second kappa shape index (κ2) is 5.64. The van der Waals surface area contributed by atoms with Crippen LogP contribution in [0.3, 0.4) is 0 Å². The molecular weight excluding hydrogens is 321 g/mol. The summed E-state index contributed by atoms with van der Waals surface area (Å²) < 4.78 is 8.55. The van der Waals surface area contributed by atoms with Crippen molar-refractivity contribution in [3.63, 3.8) is 0 Å². The summed E-state index contributed by atoms with van der Waals surface area (Å²) in [7, 11) is 0. The quantitative estimate of drug-likeness (QED) is 0.796. The fourth-order valence-corrected chi connectivity index (χ4v) is 4.62. The topological polar surface area (TPSA) is 36.8 Å². The number of thioether (sulfide) groups is 1. The predicted octanol–water partition coefficient (Wildman–Crippen LogP) is 5.42. The van der Waals surface area contributed by atoms with E-state index >= 15 is 0 Å². The van der Waals surface area contributed by atoms with E-state index in [0.717, 1.165) is 34.8 Å².